The Morgan fingerprint density at radius 2 is 2.14 bits per heavy atom. The lowest BCUT2D eigenvalue weighted by atomic mass is 9.91. The number of rotatable bonds is 7. The van der Waals surface area contributed by atoms with E-state index >= 15 is 0 Å². The van der Waals surface area contributed by atoms with Gasteiger partial charge in [0.25, 0.3) is 0 Å². The first-order chi connectivity index (χ1) is 9.80. The Bertz CT molecular complexity index is 335. The third-order valence-corrected chi connectivity index (χ3v) is 4.02. The Labute approximate surface area is 129 Å². The van der Waals surface area contributed by atoms with E-state index in [1.165, 1.54) is 0 Å². The lowest BCUT2D eigenvalue weighted by Gasteiger charge is -2.41. The van der Waals surface area contributed by atoms with Crippen LogP contribution in [0.3, 0.4) is 0 Å². The van der Waals surface area contributed by atoms with Crippen LogP contribution in [0.25, 0.3) is 0 Å². The van der Waals surface area contributed by atoms with Crippen molar-refractivity contribution < 1.29 is 14.3 Å². The van der Waals surface area contributed by atoms with Gasteiger partial charge in [0.15, 0.2) is 0 Å². The van der Waals surface area contributed by atoms with Crippen LogP contribution in [0.2, 0.25) is 0 Å². The lowest BCUT2D eigenvalue weighted by Crippen LogP contribution is -2.58. The van der Waals surface area contributed by atoms with Gasteiger partial charge in [-0.05, 0) is 48.0 Å². The molecule has 0 aromatic carbocycles. The predicted molar refractivity (Wildman–Crippen MR) is 84.4 cm³/mol. The number of hydrogen-bond acceptors (Lipinski definition) is 5. The standard InChI is InChI=1S/C16H32N2O3/c1-7-21-15(19)16(6,17-12(2)3)10-13(4)18-8-9-20-11-14(18)5/h12-14,17H,7-11H2,1-6H3. The molecule has 1 fully saturated rings. The zero-order valence-electron chi connectivity index (χ0n) is 14.4. The van der Waals surface area contributed by atoms with Crippen LogP contribution in [0.4, 0.5) is 0 Å². The molecule has 0 aliphatic carbocycles. The van der Waals surface area contributed by atoms with Crippen molar-refractivity contribution in [1.29, 1.82) is 0 Å². The van der Waals surface area contributed by atoms with E-state index in [2.05, 4.69) is 37.9 Å². The first-order valence-corrected chi connectivity index (χ1v) is 8.08. The minimum absolute atomic E-state index is 0.161. The number of hydrogen-bond donors (Lipinski definition) is 1. The normalized spacial score (nSPS) is 24.6. The van der Waals surface area contributed by atoms with Crippen molar-refractivity contribution in [3.63, 3.8) is 0 Å². The summed E-state index contributed by atoms with van der Waals surface area (Å²) in [4.78, 5) is 14.8. The maximum atomic E-state index is 12.4. The topological polar surface area (TPSA) is 50.8 Å². The van der Waals surface area contributed by atoms with E-state index in [0.29, 0.717) is 18.7 Å². The van der Waals surface area contributed by atoms with Gasteiger partial charge in [-0.25, -0.2) is 0 Å². The van der Waals surface area contributed by atoms with Crippen LogP contribution in [0, 0.1) is 0 Å². The second kappa shape index (κ2) is 8.11. The summed E-state index contributed by atoms with van der Waals surface area (Å²) in [5, 5.41) is 3.39. The SMILES string of the molecule is CCOC(=O)C(C)(CC(C)N1CCOCC1C)NC(C)C. The van der Waals surface area contributed by atoms with Crippen LogP contribution in [0.1, 0.15) is 48.0 Å². The fourth-order valence-corrected chi connectivity index (χ4v) is 3.23. The summed E-state index contributed by atoms with van der Waals surface area (Å²) >= 11 is 0. The molecule has 1 heterocycles. The molecular formula is C16H32N2O3. The van der Waals surface area contributed by atoms with E-state index in [1.807, 2.05) is 13.8 Å². The average molecular weight is 300 g/mol. The zero-order chi connectivity index (χ0) is 16.0. The Kier molecular flexibility index (Phi) is 7.10. The predicted octanol–water partition coefficient (Wildman–Crippen LogP) is 1.81. The van der Waals surface area contributed by atoms with Crippen molar-refractivity contribution in [2.75, 3.05) is 26.4 Å². The van der Waals surface area contributed by atoms with Crippen molar-refractivity contribution in [2.45, 2.75) is 71.6 Å². The van der Waals surface area contributed by atoms with Gasteiger partial charge in [-0.1, -0.05) is 0 Å². The van der Waals surface area contributed by atoms with Gasteiger partial charge in [0.1, 0.15) is 5.54 Å². The van der Waals surface area contributed by atoms with Crippen molar-refractivity contribution >= 4 is 5.97 Å². The number of morpholine rings is 1. The summed E-state index contributed by atoms with van der Waals surface area (Å²) < 4.78 is 10.8. The maximum absolute atomic E-state index is 12.4. The molecule has 0 amide bonds. The molecule has 1 rings (SSSR count). The summed E-state index contributed by atoms with van der Waals surface area (Å²) in [6, 6.07) is 0.914. The van der Waals surface area contributed by atoms with E-state index in [4.69, 9.17) is 9.47 Å². The number of esters is 1. The highest BCUT2D eigenvalue weighted by Gasteiger charge is 2.38. The molecule has 3 unspecified atom stereocenters. The van der Waals surface area contributed by atoms with Crippen LogP contribution >= 0.6 is 0 Å². The molecule has 0 radical (unpaired) electrons. The van der Waals surface area contributed by atoms with Crippen LogP contribution in [0.15, 0.2) is 0 Å². The summed E-state index contributed by atoms with van der Waals surface area (Å²) in [5.74, 6) is -0.161. The van der Waals surface area contributed by atoms with E-state index < -0.39 is 5.54 Å². The molecule has 5 heteroatoms. The fraction of sp³-hybridized carbons (Fsp3) is 0.938. The quantitative estimate of drug-likeness (QED) is 0.727. The molecule has 0 aromatic heterocycles. The second-order valence-electron chi connectivity index (χ2n) is 6.57. The second-order valence-corrected chi connectivity index (χ2v) is 6.57. The van der Waals surface area contributed by atoms with Crippen LogP contribution < -0.4 is 5.32 Å². The maximum Gasteiger partial charge on any atom is 0.326 e. The molecular weight excluding hydrogens is 268 g/mol. The lowest BCUT2D eigenvalue weighted by molar-refractivity contribution is -0.152. The van der Waals surface area contributed by atoms with Crippen molar-refractivity contribution in [3.05, 3.63) is 0 Å². The highest BCUT2D eigenvalue weighted by molar-refractivity contribution is 5.80. The number of carbonyl (C=O) groups is 1. The van der Waals surface area contributed by atoms with E-state index in [9.17, 15) is 4.79 Å². The molecule has 1 aliphatic heterocycles. The molecule has 0 saturated carbocycles. The molecule has 1 N–H and O–H groups in total. The molecule has 0 aromatic rings. The van der Waals surface area contributed by atoms with Crippen LogP contribution in [0.5, 0.6) is 0 Å². The van der Waals surface area contributed by atoms with Gasteiger partial charge in [-0.2, -0.15) is 0 Å². The molecule has 3 atom stereocenters. The van der Waals surface area contributed by atoms with Crippen molar-refractivity contribution in [3.8, 4) is 0 Å². The van der Waals surface area contributed by atoms with Gasteiger partial charge in [0.2, 0.25) is 0 Å². The van der Waals surface area contributed by atoms with Gasteiger partial charge in [0, 0.05) is 24.7 Å². The van der Waals surface area contributed by atoms with Gasteiger partial charge < -0.3 is 9.47 Å². The monoisotopic (exact) mass is 300 g/mol. The number of nitrogens with one attached hydrogen (secondary N) is 1. The first kappa shape index (κ1) is 18.4. The van der Waals surface area contributed by atoms with E-state index in [-0.39, 0.29) is 12.0 Å². The summed E-state index contributed by atoms with van der Waals surface area (Å²) in [6.45, 7) is 15.1. The average Bonchev–Trinajstić information content (AvgIpc) is 2.38. The van der Waals surface area contributed by atoms with Crippen molar-refractivity contribution in [1.82, 2.24) is 10.2 Å². The first-order valence-electron chi connectivity index (χ1n) is 8.08. The van der Waals surface area contributed by atoms with Gasteiger partial charge >= 0.3 is 5.97 Å². The summed E-state index contributed by atoms with van der Waals surface area (Å²) in [6.07, 6.45) is 0.731. The minimum atomic E-state index is -0.651. The molecule has 0 spiro atoms. The Balaban J connectivity index is 2.76. The van der Waals surface area contributed by atoms with Crippen LogP contribution in [-0.4, -0.2) is 60.9 Å². The summed E-state index contributed by atoms with van der Waals surface area (Å²) in [5.41, 5.74) is -0.651. The Morgan fingerprint density at radius 1 is 1.48 bits per heavy atom. The van der Waals surface area contributed by atoms with Gasteiger partial charge in [0.05, 0.1) is 19.8 Å². The van der Waals surface area contributed by atoms with Gasteiger partial charge in [-0.15, -0.1) is 0 Å². The third-order valence-electron chi connectivity index (χ3n) is 4.02. The summed E-state index contributed by atoms with van der Waals surface area (Å²) in [7, 11) is 0. The highest BCUT2D eigenvalue weighted by Crippen LogP contribution is 2.22. The number of nitrogens with zero attached hydrogens (tertiary/aromatic N) is 1. The highest BCUT2D eigenvalue weighted by atomic mass is 16.5. The molecule has 21 heavy (non-hydrogen) atoms. The minimum Gasteiger partial charge on any atom is -0.465 e. The largest absolute Gasteiger partial charge is 0.465 e. The Morgan fingerprint density at radius 3 is 2.67 bits per heavy atom. The number of carbonyl (C=O) groups excluding carboxylic acids is 1. The molecule has 5 nitrogen and oxygen atoms in total. The Hall–Kier alpha value is -0.650. The molecule has 0 bridgehead atoms. The van der Waals surface area contributed by atoms with Crippen molar-refractivity contribution in [2.24, 2.45) is 0 Å². The smallest absolute Gasteiger partial charge is 0.326 e. The number of ether oxygens (including phenoxy) is 2. The van der Waals surface area contributed by atoms with Crippen LogP contribution in [-0.2, 0) is 14.3 Å². The van der Waals surface area contributed by atoms with Gasteiger partial charge in [-0.3, -0.25) is 15.0 Å². The third kappa shape index (κ3) is 5.24. The molecule has 1 saturated heterocycles. The molecule has 1 aliphatic rings. The molecule has 124 valence electrons. The van der Waals surface area contributed by atoms with E-state index in [0.717, 1.165) is 26.2 Å². The zero-order valence-corrected chi connectivity index (χ0v) is 14.4. The fourth-order valence-electron chi connectivity index (χ4n) is 3.23. The van der Waals surface area contributed by atoms with E-state index in [1.54, 1.807) is 0 Å².